The number of carbonyl (C=O) groups is 2. The minimum Gasteiger partial charge on any atom is -0.464 e. The SMILES string of the molecule is CCCCCCOC(=O)CNC(=O)C#CI. The summed E-state index contributed by atoms with van der Waals surface area (Å²) < 4.78 is 7.33. The number of carbonyl (C=O) groups excluding carboxylic acids is 2. The first kappa shape index (κ1) is 15.2. The van der Waals surface area contributed by atoms with Crippen molar-refractivity contribution in [2.75, 3.05) is 13.2 Å². The minimum atomic E-state index is -0.461. The van der Waals surface area contributed by atoms with Crippen LogP contribution < -0.4 is 5.32 Å². The van der Waals surface area contributed by atoms with E-state index >= 15 is 0 Å². The molecule has 0 saturated carbocycles. The number of halogens is 1. The maximum absolute atomic E-state index is 11.1. The van der Waals surface area contributed by atoms with Crippen LogP contribution in [0.25, 0.3) is 0 Å². The van der Waals surface area contributed by atoms with Gasteiger partial charge in [-0.2, -0.15) is 0 Å². The molecule has 0 radical (unpaired) electrons. The van der Waals surface area contributed by atoms with Gasteiger partial charge in [0.15, 0.2) is 0 Å². The number of ether oxygens (including phenoxy) is 1. The number of amides is 1. The molecule has 5 heteroatoms. The summed E-state index contributed by atoms with van der Waals surface area (Å²) in [6.45, 7) is 2.43. The number of esters is 1. The maximum atomic E-state index is 11.1. The van der Waals surface area contributed by atoms with Gasteiger partial charge < -0.3 is 10.1 Å². The van der Waals surface area contributed by atoms with Crippen molar-refractivity contribution in [3.05, 3.63) is 0 Å². The monoisotopic (exact) mass is 337 g/mol. The average Bonchev–Trinajstić information content (AvgIpc) is 2.26. The Labute approximate surface area is 110 Å². The van der Waals surface area contributed by atoms with Crippen LogP contribution in [0.15, 0.2) is 0 Å². The number of nitrogens with one attached hydrogen (secondary N) is 1. The van der Waals surface area contributed by atoms with Gasteiger partial charge in [0.25, 0.3) is 5.91 Å². The summed E-state index contributed by atoms with van der Waals surface area (Å²) >= 11 is 1.76. The fraction of sp³-hybridized carbons (Fsp3) is 0.636. The Morgan fingerprint density at radius 3 is 2.69 bits per heavy atom. The normalized spacial score (nSPS) is 8.88. The largest absolute Gasteiger partial charge is 0.464 e. The standard InChI is InChI=1S/C11H16INO3/c1-2-3-4-5-8-16-11(15)9-13-10(14)6-7-12/h2-5,8-9H2,1H3,(H,13,14). The third-order valence-electron chi connectivity index (χ3n) is 1.82. The Morgan fingerprint density at radius 1 is 1.31 bits per heavy atom. The van der Waals surface area contributed by atoms with Crippen LogP contribution in [0.5, 0.6) is 0 Å². The molecule has 0 aromatic carbocycles. The van der Waals surface area contributed by atoms with Gasteiger partial charge in [0.1, 0.15) is 6.54 Å². The zero-order valence-corrected chi connectivity index (χ0v) is 11.5. The van der Waals surface area contributed by atoms with Crippen LogP contribution in [-0.2, 0) is 14.3 Å². The molecule has 0 heterocycles. The van der Waals surface area contributed by atoms with Crippen LogP contribution >= 0.6 is 22.6 Å². The van der Waals surface area contributed by atoms with Crippen molar-refractivity contribution < 1.29 is 14.3 Å². The van der Waals surface area contributed by atoms with E-state index < -0.39 is 11.9 Å². The molecule has 0 saturated heterocycles. The van der Waals surface area contributed by atoms with E-state index in [0.29, 0.717) is 6.61 Å². The van der Waals surface area contributed by atoms with Gasteiger partial charge >= 0.3 is 5.97 Å². The summed E-state index contributed by atoms with van der Waals surface area (Å²) in [5, 5.41) is 2.34. The fourth-order valence-electron chi connectivity index (χ4n) is 1.01. The van der Waals surface area contributed by atoms with Gasteiger partial charge in [-0.05, 0) is 10.3 Å². The fourth-order valence-corrected chi connectivity index (χ4v) is 1.25. The molecule has 0 aromatic rings. The zero-order valence-electron chi connectivity index (χ0n) is 9.35. The van der Waals surface area contributed by atoms with Gasteiger partial charge in [0, 0.05) is 28.5 Å². The van der Waals surface area contributed by atoms with E-state index in [2.05, 4.69) is 22.1 Å². The molecule has 4 nitrogen and oxygen atoms in total. The Morgan fingerprint density at radius 2 is 2.06 bits per heavy atom. The predicted molar refractivity (Wildman–Crippen MR) is 69.9 cm³/mol. The molecule has 0 unspecified atom stereocenters. The Balaban J connectivity index is 3.43. The van der Waals surface area contributed by atoms with Crippen molar-refractivity contribution in [3.8, 4) is 9.85 Å². The van der Waals surface area contributed by atoms with Gasteiger partial charge in [-0.15, -0.1) is 0 Å². The van der Waals surface area contributed by atoms with Crippen LogP contribution in [-0.4, -0.2) is 25.0 Å². The number of rotatable bonds is 7. The summed E-state index contributed by atoms with van der Waals surface area (Å²) in [5.41, 5.74) is 0. The summed E-state index contributed by atoms with van der Waals surface area (Å²) in [4.78, 5) is 22.0. The Kier molecular flexibility index (Phi) is 10.2. The second kappa shape index (κ2) is 10.7. The van der Waals surface area contributed by atoms with E-state index in [1.165, 1.54) is 0 Å². The Hall–Kier alpha value is -0.770. The van der Waals surface area contributed by atoms with E-state index in [4.69, 9.17) is 4.74 Å². The lowest BCUT2D eigenvalue weighted by Gasteiger charge is -2.04. The van der Waals surface area contributed by atoms with Crippen LogP contribution in [0.2, 0.25) is 0 Å². The molecule has 0 rings (SSSR count). The highest BCUT2D eigenvalue weighted by Crippen LogP contribution is 1.98. The van der Waals surface area contributed by atoms with E-state index in [-0.39, 0.29) is 6.54 Å². The molecule has 1 amide bonds. The van der Waals surface area contributed by atoms with E-state index in [1.54, 1.807) is 22.6 Å². The molecule has 16 heavy (non-hydrogen) atoms. The number of hydrogen-bond acceptors (Lipinski definition) is 3. The topological polar surface area (TPSA) is 55.4 Å². The molecule has 0 aliphatic rings. The van der Waals surface area contributed by atoms with Crippen molar-refractivity contribution in [2.45, 2.75) is 32.6 Å². The number of hydrogen-bond donors (Lipinski definition) is 1. The van der Waals surface area contributed by atoms with Crippen molar-refractivity contribution in [2.24, 2.45) is 0 Å². The van der Waals surface area contributed by atoms with Gasteiger partial charge in [0.2, 0.25) is 0 Å². The molecular formula is C11H16INO3. The average molecular weight is 337 g/mol. The highest BCUT2D eigenvalue weighted by Gasteiger charge is 2.03. The van der Waals surface area contributed by atoms with Gasteiger partial charge in [0.05, 0.1) is 6.61 Å². The first-order chi connectivity index (χ1) is 7.70. The maximum Gasteiger partial charge on any atom is 0.325 e. The molecular weight excluding hydrogens is 321 g/mol. The smallest absolute Gasteiger partial charge is 0.325 e. The van der Waals surface area contributed by atoms with Gasteiger partial charge in [-0.1, -0.05) is 26.2 Å². The summed E-state index contributed by atoms with van der Waals surface area (Å²) in [6.07, 6.45) is 4.25. The lowest BCUT2D eigenvalue weighted by Crippen LogP contribution is -2.29. The van der Waals surface area contributed by atoms with Crippen LogP contribution in [0, 0.1) is 9.85 Å². The molecule has 0 fully saturated rings. The highest BCUT2D eigenvalue weighted by atomic mass is 127. The van der Waals surface area contributed by atoms with E-state index in [0.717, 1.165) is 25.7 Å². The predicted octanol–water partition coefficient (Wildman–Crippen LogP) is 1.62. The van der Waals surface area contributed by atoms with Crippen molar-refractivity contribution in [3.63, 3.8) is 0 Å². The quantitative estimate of drug-likeness (QED) is 0.332. The van der Waals surface area contributed by atoms with E-state index in [9.17, 15) is 9.59 Å². The molecule has 0 aliphatic carbocycles. The molecule has 0 atom stereocenters. The van der Waals surface area contributed by atoms with Crippen molar-refractivity contribution >= 4 is 34.5 Å². The third-order valence-corrected chi connectivity index (χ3v) is 2.08. The van der Waals surface area contributed by atoms with Crippen molar-refractivity contribution in [1.82, 2.24) is 5.32 Å². The molecule has 0 aliphatic heterocycles. The highest BCUT2D eigenvalue weighted by molar-refractivity contribution is 14.1. The van der Waals surface area contributed by atoms with Crippen LogP contribution in [0.1, 0.15) is 32.6 Å². The second-order valence-electron chi connectivity index (χ2n) is 3.18. The van der Waals surface area contributed by atoms with Gasteiger partial charge in [-0.25, -0.2) is 0 Å². The Bertz CT molecular complexity index is 281. The summed E-state index contributed by atoms with van der Waals surface area (Å²) in [7, 11) is 0. The van der Waals surface area contributed by atoms with Crippen LogP contribution in [0.4, 0.5) is 0 Å². The first-order valence-electron chi connectivity index (χ1n) is 5.25. The molecule has 0 spiro atoms. The lowest BCUT2D eigenvalue weighted by atomic mass is 10.2. The molecule has 90 valence electrons. The summed E-state index contributed by atoms with van der Waals surface area (Å²) in [6, 6.07) is 0. The third kappa shape index (κ3) is 9.77. The van der Waals surface area contributed by atoms with E-state index in [1.807, 2.05) is 0 Å². The summed E-state index contributed by atoms with van der Waals surface area (Å²) in [5.74, 6) is 1.39. The molecule has 0 bridgehead atoms. The molecule has 0 aromatic heterocycles. The lowest BCUT2D eigenvalue weighted by molar-refractivity contribution is -0.143. The van der Waals surface area contributed by atoms with Gasteiger partial charge in [-0.3, -0.25) is 9.59 Å². The van der Waals surface area contributed by atoms with Crippen molar-refractivity contribution in [1.29, 1.82) is 0 Å². The number of unbranched alkanes of at least 4 members (excludes halogenated alkanes) is 3. The molecule has 1 N–H and O–H groups in total. The zero-order chi connectivity index (χ0) is 12.2. The van der Waals surface area contributed by atoms with Crippen LogP contribution in [0.3, 0.4) is 0 Å². The second-order valence-corrected chi connectivity index (χ2v) is 3.72. The minimum absolute atomic E-state index is 0.113. The first-order valence-corrected chi connectivity index (χ1v) is 6.33.